The van der Waals surface area contributed by atoms with Crippen LogP contribution in [0.25, 0.3) is 0 Å². The van der Waals surface area contributed by atoms with Crippen LogP contribution in [-0.2, 0) is 19.0 Å². The molecule has 3 unspecified atom stereocenters. The van der Waals surface area contributed by atoms with Crippen LogP contribution in [0.2, 0.25) is 0 Å². The lowest BCUT2D eigenvalue weighted by Crippen LogP contribution is -2.59. The fourth-order valence-electron chi connectivity index (χ4n) is 2.37. The molecule has 3 N–H and O–H groups in total. The van der Waals surface area contributed by atoms with Gasteiger partial charge in [-0.25, -0.2) is 0 Å². The normalized spacial score (nSPS) is 32.0. The van der Waals surface area contributed by atoms with Crippen LogP contribution in [0.15, 0.2) is 0 Å². The maximum Gasteiger partial charge on any atom is 0.305 e. The van der Waals surface area contributed by atoms with Gasteiger partial charge in [-0.1, -0.05) is 32.6 Å². The summed E-state index contributed by atoms with van der Waals surface area (Å²) >= 11 is 0. The molecule has 0 saturated carbocycles. The lowest BCUT2D eigenvalue weighted by atomic mass is 9.99. The average molecular weight is 320 g/mol. The van der Waals surface area contributed by atoms with E-state index in [9.17, 15) is 20.1 Å². The van der Waals surface area contributed by atoms with Gasteiger partial charge < -0.3 is 29.5 Å². The monoisotopic (exact) mass is 320 g/mol. The van der Waals surface area contributed by atoms with Crippen LogP contribution in [0.5, 0.6) is 0 Å². The minimum absolute atomic E-state index is 0.182. The third kappa shape index (κ3) is 5.81. The predicted octanol–water partition coefficient (Wildman–Crippen LogP) is 0.344. The van der Waals surface area contributed by atoms with E-state index in [0.29, 0.717) is 6.42 Å². The third-order valence-electron chi connectivity index (χ3n) is 3.79. The Morgan fingerprint density at radius 3 is 2.36 bits per heavy atom. The molecule has 0 aromatic rings. The Labute approximate surface area is 131 Å². The molecule has 0 bridgehead atoms. The first-order chi connectivity index (χ1) is 10.5. The molecule has 1 rings (SSSR count). The predicted molar refractivity (Wildman–Crippen MR) is 78.0 cm³/mol. The molecular weight excluding hydrogens is 292 g/mol. The number of carbonyl (C=O) groups is 1. The molecule has 0 aliphatic carbocycles. The molecule has 1 aliphatic heterocycles. The van der Waals surface area contributed by atoms with E-state index < -0.39 is 30.7 Å². The van der Waals surface area contributed by atoms with Crippen LogP contribution in [0.3, 0.4) is 0 Å². The molecule has 1 saturated heterocycles. The highest BCUT2D eigenvalue weighted by molar-refractivity contribution is 5.69. The Morgan fingerprint density at radius 1 is 1.05 bits per heavy atom. The van der Waals surface area contributed by atoms with E-state index in [1.165, 1.54) is 7.11 Å². The Balaban J connectivity index is 2.29. The zero-order chi connectivity index (χ0) is 16.5. The molecule has 0 aromatic carbocycles. The van der Waals surface area contributed by atoms with Gasteiger partial charge in [-0.05, 0) is 6.42 Å². The summed E-state index contributed by atoms with van der Waals surface area (Å²) in [6.07, 6.45) is -0.563. The first-order valence-corrected chi connectivity index (χ1v) is 7.89. The molecule has 7 nitrogen and oxygen atoms in total. The second-order valence-electron chi connectivity index (χ2n) is 5.60. The summed E-state index contributed by atoms with van der Waals surface area (Å²) in [4.78, 5) is 11.6. The zero-order valence-electron chi connectivity index (χ0n) is 13.3. The zero-order valence-corrected chi connectivity index (χ0v) is 13.3. The molecule has 0 radical (unpaired) electrons. The van der Waals surface area contributed by atoms with Gasteiger partial charge in [0.25, 0.3) is 0 Å². The Bertz CT molecular complexity index is 321. The van der Waals surface area contributed by atoms with Crippen molar-refractivity contribution >= 4 is 5.97 Å². The minimum Gasteiger partial charge on any atom is -0.463 e. The van der Waals surface area contributed by atoms with E-state index in [0.717, 1.165) is 32.1 Å². The summed E-state index contributed by atoms with van der Waals surface area (Å²) in [5.74, 6) is -0.359. The number of aliphatic hydroxyl groups is 3. The van der Waals surface area contributed by atoms with E-state index in [2.05, 4.69) is 6.92 Å². The molecule has 1 aliphatic rings. The quantitative estimate of drug-likeness (QED) is 0.415. The molecule has 5 atom stereocenters. The molecule has 22 heavy (non-hydrogen) atoms. The van der Waals surface area contributed by atoms with Crippen LogP contribution >= 0.6 is 0 Å². The summed E-state index contributed by atoms with van der Waals surface area (Å²) < 4.78 is 15.2. The van der Waals surface area contributed by atoms with Gasteiger partial charge >= 0.3 is 5.97 Å². The molecule has 1 heterocycles. The van der Waals surface area contributed by atoms with E-state index >= 15 is 0 Å². The topological polar surface area (TPSA) is 105 Å². The largest absolute Gasteiger partial charge is 0.463 e. The number of rotatable bonds is 9. The summed E-state index contributed by atoms with van der Waals surface area (Å²) in [6, 6.07) is 0. The maximum atomic E-state index is 11.6. The van der Waals surface area contributed by atoms with Gasteiger partial charge in [0.2, 0.25) is 0 Å². The van der Waals surface area contributed by atoms with E-state index in [4.69, 9.17) is 14.2 Å². The van der Waals surface area contributed by atoms with Crippen LogP contribution in [0.4, 0.5) is 0 Å². The lowest BCUT2D eigenvalue weighted by molar-refractivity contribution is -0.295. The number of hydrogen-bond donors (Lipinski definition) is 3. The summed E-state index contributed by atoms with van der Waals surface area (Å²) in [5, 5.41) is 29.2. The maximum absolute atomic E-state index is 11.6. The summed E-state index contributed by atoms with van der Waals surface area (Å²) in [5.41, 5.74) is 0. The molecule has 1 fully saturated rings. The van der Waals surface area contributed by atoms with Gasteiger partial charge in [-0.3, -0.25) is 4.79 Å². The third-order valence-corrected chi connectivity index (χ3v) is 3.79. The van der Waals surface area contributed by atoms with Gasteiger partial charge in [-0.15, -0.1) is 0 Å². The Kier molecular flexibility index (Phi) is 8.89. The molecule has 0 amide bonds. The van der Waals surface area contributed by atoms with Gasteiger partial charge in [0.05, 0.1) is 0 Å². The number of unbranched alkanes of at least 4 members (excludes halogenated alkanes) is 4. The van der Waals surface area contributed by atoms with Gasteiger partial charge in [-0.2, -0.15) is 0 Å². The van der Waals surface area contributed by atoms with Crippen molar-refractivity contribution in [2.75, 3.05) is 13.7 Å². The number of esters is 1. The molecular formula is C15H28O7. The van der Waals surface area contributed by atoms with Crippen molar-refractivity contribution in [2.24, 2.45) is 0 Å². The molecule has 7 heteroatoms. The van der Waals surface area contributed by atoms with Crippen molar-refractivity contribution in [2.45, 2.75) is 76.2 Å². The smallest absolute Gasteiger partial charge is 0.305 e. The van der Waals surface area contributed by atoms with E-state index in [1.54, 1.807) is 0 Å². The van der Waals surface area contributed by atoms with E-state index in [1.807, 2.05) is 0 Å². The highest BCUT2D eigenvalue weighted by Gasteiger charge is 2.44. The van der Waals surface area contributed by atoms with Crippen molar-refractivity contribution in [3.63, 3.8) is 0 Å². The first kappa shape index (κ1) is 19.3. The van der Waals surface area contributed by atoms with Crippen LogP contribution in [0.1, 0.15) is 45.4 Å². The van der Waals surface area contributed by atoms with Crippen molar-refractivity contribution in [1.29, 1.82) is 0 Å². The fraction of sp³-hybridized carbons (Fsp3) is 0.933. The first-order valence-electron chi connectivity index (χ1n) is 7.89. The highest BCUT2D eigenvalue weighted by Crippen LogP contribution is 2.22. The second kappa shape index (κ2) is 10.1. The van der Waals surface area contributed by atoms with Crippen molar-refractivity contribution < 1.29 is 34.3 Å². The van der Waals surface area contributed by atoms with Crippen LogP contribution in [-0.4, -0.2) is 65.7 Å². The van der Waals surface area contributed by atoms with Crippen molar-refractivity contribution in [3.8, 4) is 0 Å². The number of aliphatic hydroxyl groups excluding tert-OH is 3. The Hall–Kier alpha value is -0.730. The van der Waals surface area contributed by atoms with Crippen molar-refractivity contribution in [1.82, 2.24) is 0 Å². The molecule has 0 spiro atoms. The van der Waals surface area contributed by atoms with Crippen LogP contribution in [0, 0.1) is 0 Å². The lowest BCUT2D eigenvalue weighted by Gasteiger charge is -2.39. The number of hydrogen-bond acceptors (Lipinski definition) is 7. The van der Waals surface area contributed by atoms with Gasteiger partial charge in [0.1, 0.15) is 31.0 Å². The van der Waals surface area contributed by atoms with Gasteiger partial charge in [0, 0.05) is 13.5 Å². The fourth-order valence-corrected chi connectivity index (χ4v) is 2.37. The summed E-state index contributed by atoms with van der Waals surface area (Å²) in [7, 11) is 1.32. The van der Waals surface area contributed by atoms with E-state index in [-0.39, 0.29) is 12.6 Å². The second-order valence-corrected chi connectivity index (χ2v) is 5.60. The molecule has 0 aromatic heterocycles. The van der Waals surface area contributed by atoms with Gasteiger partial charge in [0.15, 0.2) is 6.29 Å². The highest BCUT2D eigenvalue weighted by atomic mass is 16.7. The minimum atomic E-state index is -1.41. The van der Waals surface area contributed by atoms with Crippen molar-refractivity contribution in [3.05, 3.63) is 0 Å². The Morgan fingerprint density at radius 2 is 1.73 bits per heavy atom. The number of ether oxygens (including phenoxy) is 3. The SMILES string of the molecule is CCCCCCCC(=O)OC[C@H]1OC(OC)C(O)[C@@H](O)C1O. The summed E-state index contributed by atoms with van der Waals surface area (Å²) in [6.45, 7) is 1.95. The molecule has 130 valence electrons. The number of methoxy groups -OCH3 is 1. The standard InChI is InChI=1S/C15H28O7/c1-3-4-5-6-7-8-11(16)21-9-10-12(17)13(18)14(19)15(20-2)22-10/h10,12-15,17-19H,3-9H2,1-2H3/t10-,12?,13+,14?,15?/m1/s1. The number of carbonyl (C=O) groups excluding carboxylic acids is 1. The average Bonchev–Trinajstić information content (AvgIpc) is 2.52. The van der Waals surface area contributed by atoms with Crippen LogP contribution < -0.4 is 0 Å².